The van der Waals surface area contributed by atoms with Gasteiger partial charge in [0.05, 0.1) is 12.8 Å². The molecule has 174 valence electrons. The summed E-state index contributed by atoms with van der Waals surface area (Å²) in [5, 5.41) is 11.1. The molecule has 1 N–H and O–H groups in total. The Morgan fingerprint density at radius 2 is 1.67 bits per heavy atom. The molecule has 0 aliphatic carbocycles. The Morgan fingerprint density at radius 1 is 1.00 bits per heavy atom. The SMILES string of the molecule is COc1ccc(N2Sc3ccccc3C(CCN(C)Cc3ccccc3)C(=O)C2O)cc1.Cl. The van der Waals surface area contributed by atoms with Crippen LogP contribution in [0.3, 0.4) is 0 Å². The van der Waals surface area contributed by atoms with Crippen molar-refractivity contribution in [3.8, 4) is 5.75 Å². The van der Waals surface area contributed by atoms with Crippen molar-refractivity contribution in [2.24, 2.45) is 0 Å². The molecule has 5 nitrogen and oxygen atoms in total. The number of carbonyl (C=O) groups excluding carboxylic acids is 1. The highest BCUT2D eigenvalue weighted by Gasteiger charge is 2.37. The van der Waals surface area contributed by atoms with Crippen molar-refractivity contribution in [2.45, 2.75) is 30.0 Å². The van der Waals surface area contributed by atoms with Gasteiger partial charge < -0.3 is 14.7 Å². The first-order valence-corrected chi connectivity index (χ1v) is 11.5. The largest absolute Gasteiger partial charge is 0.497 e. The van der Waals surface area contributed by atoms with Crippen LogP contribution in [0, 0.1) is 0 Å². The quantitative estimate of drug-likeness (QED) is 0.469. The number of Topliss-reactive ketones (excluding diaryl/α,β-unsaturated/α-hetero) is 1. The van der Waals surface area contributed by atoms with Crippen molar-refractivity contribution < 1.29 is 14.6 Å². The lowest BCUT2D eigenvalue weighted by atomic mass is 9.90. The number of anilines is 1. The van der Waals surface area contributed by atoms with Crippen LogP contribution in [0.1, 0.15) is 23.5 Å². The van der Waals surface area contributed by atoms with Crippen molar-refractivity contribution >= 4 is 35.8 Å². The number of methoxy groups -OCH3 is 1. The van der Waals surface area contributed by atoms with E-state index in [1.807, 2.05) is 66.7 Å². The van der Waals surface area contributed by atoms with E-state index < -0.39 is 6.23 Å². The van der Waals surface area contributed by atoms with Gasteiger partial charge in [-0.2, -0.15) is 0 Å². The predicted molar refractivity (Wildman–Crippen MR) is 136 cm³/mol. The maximum absolute atomic E-state index is 13.4. The number of hydrogen-bond acceptors (Lipinski definition) is 6. The number of ether oxygens (including phenoxy) is 1. The number of hydrogen-bond donors (Lipinski definition) is 1. The minimum atomic E-state index is -1.23. The summed E-state index contributed by atoms with van der Waals surface area (Å²) in [5.41, 5.74) is 2.97. The zero-order valence-corrected chi connectivity index (χ0v) is 20.4. The summed E-state index contributed by atoms with van der Waals surface area (Å²) in [6, 6.07) is 25.6. The monoisotopic (exact) mass is 484 g/mol. The Balaban J connectivity index is 0.00000306. The van der Waals surface area contributed by atoms with Crippen molar-refractivity contribution in [3.05, 3.63) is 90.0 Å². The number of rotatable bonds is 7. The van der Waals surface area contributed by atoms with Gasteiger partial charge in [0.15, 0.2) is 12.0 Å². The van der Waals surface area contributed by atoms with E-state index in [1.165, 1.54) is 17.5 Å². The van der Waals surface area contributed by atoms with Crippen molar-refractivity contribution in [3.63, 3.8) is 0 Å². The molecular formula is C26H29ClN2O3S. The lowest BCUT2D eigenvalue weighted by molar-refractivity contribution is -0.128. The topological polar surface area (TPSA) is 53.0 Å². The predicted octanol–water partition coefficient (Wildman–Crippen LogP) is 5.14. The van der Waals surface area contributed by atoms with Crippen LogP contribution < -0.4 is 9.04 Å². The van der Waals surface area contributed by atoms with Gasteiger partial charge >= 0.3 is 0 Å². The molecule has 1 aliphatic rings. The molecule has 0 radical (unpaired) electrons. The van der Waals surface area contributed by atoms with Crippen LogP contribution in [0.15, 0.2) is 83.8 Å². The molecule has 0 bridgehead atoms. The van der Waals surface area contributed by atoms with Crippen LogP contribution >= 0.6 is 24.4 Å². The second kappa shape index (κ2) is 11.6. The highest BCUT2D eigenvalue weighted by molar-refractivity contribution is 8.00. The third kappa shape index (κ3) is 5.89. The summed E-state index contributed by atoms with van der Waals surface area (Å²) in [7, 11) is 3.68. The molecule has 3 aromatic carbocycles. The number of benzene rings is 3. The lowest BCUT2D eigenvalue weighted by Gasteiger charge is -2.27. The summed E-state index contributed by atoms with van der Waals surface area (Å²) < 4.78 is 6.93. The third-order valence-electron chi connectivity index (χ3n) is 5.73. The molecule has 1 aliphatic heterocycles. The molecule has 1 heterocycles. The Bertz CT molecular complexity index is 1050. The fourth-order valence-electron chi connectivity index (χ4n) is 4.00. The number of aliphatic hydroxyl groups is 1. The normalized spacial score (nSPS) is 17.8. The molecular weight excluding hydrogens is 456 g/mol. The zero-order chi connectivity index (χ0) is 22.5. The van der Waals surface area contributed by atoms with Crippen molar-refractivity contribution in [1.82, 2.24) is 4.90 Å². The van der Waals surface area contributed by atoms with E-state index in [0.29, 0.717) is 6.42 Å². The Hall–Kier alpha value is -2.51. The van der Waals surface area contributed by atoms with Gasteiger partial charge in [-0.15, -0.1) is 12.4 Å². The minimum absolute atomic E-state index is 0. The molecule has 7 heteroatoms. The van der Waals surface area contributed by atoms with Gasteiger partial charge in [0.2, 0.25) is 0 Å². The number of halogens is 1. The van der Waals surface area contributed by atoms with Gasteiger partial charge in [0.25, 0.3) is 0 Å². The third-order valence-corrected chi connectivity index (χ3v) is 6.91. The average Bonchev–Trinajstić information content (AvgIpc) is 2.93. The summed E-state index contributed by atoms with van der Waals surface area (Å²) >= 11 is 1.40. The molecule has 0 aromatic heterocycles. The number of nitrogens with zero attached hydrogens (tertiary/aromatic N) is 2. The number of fused-ring (bicyclic) bond motifs is 1. The van der Waals surface area contributed by atoms with Gasteiger partial charge in [-0.25, -0.2) is 0 Å². The second-order valence-electron chi connectivity index (χ2n) is 7.99. The van der Waals surface area contributed by atoms with Crippen LogP contribution in [0.25, 0.3) is 0 Å². The molecule has 0 amide bonds. The first-order valence-electron chi connectivity index (χ1n) is 10.7. The van der Waals surface area contributed by atoms with E-state index in [4.69, 9.17) is 4.74 Å². The summed E-state index contributed by atoms with van der Waals surface area (Å²) in [6.07, 6.45) is -0.585. The summed E-state index contributed by atoms with van der Waals surface area (Å²) in [4.78, 5) is 16.6. The molecule has 33 heavy (non-hydrogen) atoms. The van der Waals surface area contributed by atoms with Crippen LogP contribution in [0.2, 0.25) is 0 Å². The van der Waals surface area contributed by atoms with E-state index in [9.17, 15) is 9.90 Å². The second-order valence-corrected chi connectivity index (χ2v) is 9.01. The van der Waals surface area contributed by atoms with Crippen LogP contribution in [-0.4, -0.2) is 42.7 Å². The van der Waals surface area contributed by atoms with Gasteiger partial charge in [-0.1, -0.05) is 48.5 Å². The number of carbonyl (C=O) groups is 1. The Labute approximate surface area is 205 Å². The van der Waals surface area contributed by atoms with E-state index in [1.54, 1.807) is 11.4 Å². The standard InChI is InChI=1S/C26H28N2O3S.ClH/c1-27(18-19-8-4-3-5-9-19)17-16-23-22-10-6-7-11-24(22)32-28(26(30)25(23)29)20-12-14-21(31-2)15-13-20;/h3-15,23,26,30H,16-18H2,1-2H3;1H. The number of ketones is 1. The maximum atomic E-state index is 13.4. The van der Waals surface area contributed by atoms with Crippen LogP contribution in [0.4, 0.5) is 5.69 Å². The molecule has 0 saturated carbocycles. The van der Waals surface area contributed by atoms with E-state index in [-0.39, 0.29) is 24.1 Å². The smallest absolute Gasteiger partial charge is 0.197 e. The molecule has 3 aromatic rings. The zero-order valence-electron chi connectivity index (χ0n) is 18.8. The van der Waals surface area contributed by atoms with E-state index in [2.05, 4.69) is 24.1 Å². The maximum Gasteiger partial charge on any atom is 0.197 e. The van der Waals surface area contributed by atoms with E-state index in [0.717, 1.165) is 35.0 Å². The van der Waals surface area contributed by atoms with E-state index >= 15 is 0 Å². The lowest BCUT2D eigenvalue weighted by Crippen LogP contribution is -2.38. The minimum Gasteiger partial charge on any atom is -0.497 e. The Kier molecular flexibility index (Phi) is 8.80. The van der Waals surface area contributed by atoms with Crippen LogP contribution in [0.5, 0.6) is 5.75 Å². The van der Waals surface area contributed by atoms with Gasteiger partial charge in [-0.05, 0) is 73.4 Å². The first kappa shape index (κ1) is 25.1. The highest BCUT2D eigenvalue weighted by Crippen LogP contribution is 2.41. The summed E-state index contributed by atoms with van der Waals surface area (Å²) in [5.74, 6) is 0.190. The van der Waals surface area contributed by atoms with Gasteiger partial charge in [0, 0.05) is 17.4 Å². The molecule has 0 fully saturated rings. The van der Waals surface area contributed by atoms with Gasteiger partial charge in [0.1, 0.15) is 5.75 Å². The van der Waals surface area contributed by atoms with Crippen LogP contribution in [-0.2, 0) is 11.3 Å². The fourth-order valence-corrected chi connectivity index (χ4v) is 5.10. The molecule has 4 rings (SSSR count). The molecule has 0 saturated heterocycles. The highest BCUT2D eigenvalue weighted by atomic mass is 35.5. The molecule has 2 atom stereocenters. The van der Waals surface area contributed by atoms with Gasteiger partial charge in [-0.3, -0.25) is 9.10 Å². The number of aliphatic hydroxyl groups excluding tert-OH is 1. The molecule has 0 spiro atoms. The summed E-state index contributed by atoms with van der Waals surface area (Å²) in [6.45, 7) is 1.57. The average molecular weight is 485 g/mol. The molecule has 2 unspecified atom stereocenters. The first-order chi connectivity index (χ1) is 15.6. The fraction of sp³-hybridized carbons (Fsp3) is 0.269. The van der Waals surface area contributed by atoms with Crippen molar-refractivity contribution in [1.29, 1.82) is 0 Å². The Morgan fingerprint density at radius 3 is 2.36 bits per heavy atom. The van der Waals surface area contributed by atoms with Crippen molar-refractivity contribution in [2.75, 3.05) is 25.0 Å².